The molecule has 5 nitrogen and oxygen atoms in total. The molecule has 0 saturated heterocycles. The molecule has 45 heavy (non-hydrogen) atoms. The summed E-state index contributed by atoms with van der Waals surface area (Å²) < 4.78 is 14.4. The van der Waals surface area contributed by atoms with E-state index < -0.39 is 7.82 Å². The van der Waals surface area contributed by atoms with Gasteiger partial charge in [0.15, 0.2) is 0 Å². The van der Waals surface area contributed by atoms with Gasteiger partial charge in [-0.3, -0.25) is 0 Å². The van der Waals surface area contributed by atoms with Crippen molar-refractivity contribution in [3.05, 3.63) is 0 Å². The third-order valence-corrected chi connectivity index (χ3v) is 8.14. The Morgan fingerprint density at radius 1 is 0.378 bits per heavy atom. The molecule has 256 valence electrons. The molecule has 0 saturated carbocycles. The summed E-state index contributed by atoms with van der Waals surface area (Å²) in [5, 5.41) is 0. The summed E-state index contributed by atoms with van der Waals surface area (Å²) in [6.45, 7) is 11.4. The van der Waals surface area contributed by atoms with Crippen molar-refractivity contribution in [1.82, 2.24) is 0 Å². The Kier molecular flexibility index (Phi) is 60.1. The average Bonchev–Trinajstić information content (AvgIpc) is 2.90. The molecule has 0 rings (SSSR count). The van der Waals surface area contributed by atoms with Crippen LogP contribution in [0, 0.1) is 11.8 Å². The van der Waals surface area contributed by atoms with Crippen LogP contribution in [0.2, 0.25) is 0 Å². The van der Waals surface area contributed by atoms with Crippen molar-refractivity contribution in [2.45, 2.75) is 207 Å². The van der Waals surface area contributed by atoms with Gasteiger partial charge in [0, 0.05) is 13.2 Å². The maximum Gasteiger partial charge on any atom is 1.00 e. The smallest absolute Gasteiger partial charge is 0.822 e. The van der Waals surface area contributed by atoms with E-state index in [9.17, 15) is 0 Å². The number of ether oxygens (including phenoxy) is 1. The van der Waals surface area contributed by atoms with Gasteiger partial charge in [0.1, 0.15) is 0 Å². The first-order valence-corrected chi connectivity index (χ1v) is 19.9. The standard InChI is InChI=1S/C36H74O.3Na.H3O4P/c1-35(2)31-27-23-19-15-11-7-5-9-13-17-21-25-29-33-37-34-30-26-22-18-14-10-6-8-12-16-20-24-28-32-36(3)4;;;;1-5(2,3)4/h35-36H,5-34H2,1-4H3;;;;(H3,1,2,3,4)/q;3*+1;/p-3. The van der Waals surface area contributed by atoms with Crippen LogP contribution in [0.3, 0.4) is 0 Å². The van der Waals surface area contributed by atoms with Gasteiger partial charge in [0.05, 0.1) is 0 Å². The summed E-state index contributed by atoms with van der Waals surface area (Å²) in [4.78, 5) is 25.6. The molecule has 0 N–H and O–H groups in total. The summed E-state index contributed by atoms with van der Waals surface area (Å²) in [5.41, 5.74) is 0. The van der Waals surface area contributed by atoms with Crippen LogP contribution in [0.15, 0.2) is 0 Å². The van der Waals surface area contributed by atoms with Crippen LogP contribution in [0.5, 0.6) is 0 Å². The summed E-state index contributed by atoms with van der Waals surface area (Å²) in [6.07, 6.45) is 40.2. The predicted molar refractivity (Wildman–Crippen MR) is 177 cm³/mol. The van der Waals surface area contributed by atoms with Crippen LogP contribution < -0.4 is 103 Å². The van der Waals surface area contributed by atoms with Crippen molar-refractivity contribution in [3.63, 3.8) is 0 Å². The van der Waals surface area contributed by atoms with Crippen LogP contribution in [0.4, 0.5) is 0 Å². The van der Waals surface area contributed by atoms with Crippen LogP contribution in [0.25, 0.3) is 0 Å². The second-order valence-electron chi connectivity index (χ2n) is 13.6. The van der Waals surface area contributed by atoms with Crippen LogP contribution in [0.1, 0.15) is 207 Å². The minimum atomic E-state index is -5.39. The Morgan fingerprint density at radius 2 is 0.533 bits per heavy atom. The third-order valence-electron chi connectivity index (χ3n) is 8.14. The number of phosphoric acid groups is 1. The maximum absolute atomic E-state index is 8.55. The summed E-state index contributed by atoms with van der Waals surface area (Å²) >= 11 is 0. The summed E-state index contributed by atoms with van der Waals surface area (Å²) in [5.74, 6) is 1.78. The van der Waals surface area contributed by atoms with Crippen molar-refractivity contribution in [2.24, 2.45) is 11.8 Å². The van der Waals surface area contributed by atoms with Gasteiger partial charge < -0.3 is 24.0 Å². The van der Waals surface area contributed by atoms with Gasteiger partial charge in [-0.2, -0.15) is 7.82 Å². The molecule has 0 aromatic heterocycles. The monoisotopic (exact) mass is 686 g/mol. The van der Waals surface area contributed by atoms with Crippen molar-refractivity contribution >= 4 is 7.82 Å². The minimum absolute atomic E-state index is 0. The Balaban J connectivity index is -0.000000613. The third kappa shape index (κ3) is 69.6. The first-order valence-electron chi connectivity index (χ1n) is 18.4. The molecule has 0 aliphatic carbocycles. The van der Waals surface area contributed by atoms with E-state index in [-0.39, 0.29) is 88.7 Å². The van der Waals surface area contributed by atoms with Crippen LogP contribution in [-0.2, 0) is 9.30 Å². The number of hydrogen-bond acceptors (Lipinski definition) is 5. The van der Waals surface area contributed by atoms with Crippen molar-refractivity contribution in [3.8, 4) is 0 Å². The predicted octanol–water partition coefficient (Wildman–Crippen LogP) is 1.43. The zero-order chi connectivity index (χ0) is 31.6. The normalized spacial score (nSPS) is 11.0. The molecular formula is C36H74Na3O5P. The van der Waals surface area contributed by atoms with Gasteiger partial charge in [-0.25, -0.2) is 0 Å². The molecule has 0 heterocycles. The largest absolute Gasteiger partial charge is 1.00 e. The van der Waals surface area contributed by atoms with Gasteiger partial charge in [-0.05, 0) is 24.7 Å². The van der Waals surface area contributed by atoms with E-state index in [2.05, 4.69) is 27.7 Å². The fourth-order valence-corrected chi connectivity index (χ4v) is 5.50. The number of unbranched alkanes of at least 4 members (excludes halogenated alkanes) is 24. The molecule has 0 aliphatic heterocycles. The van der Waals surface area contributed by atoms with E-state index in [0.717, 1.165) is 25.0 Å². The molecule has 0 spiro atoms. The number of rotatable bonds is 32. The van der Waals surface area contributed by atoms with Crippen molar-refractivity contribution in [2.75, 3.05) is 13.2 Å². The van der Waals surface area contributed by atoms with E-state index in [1.807, 2.05) is 0 Å². The topological polar surface area (TPSA) is 95.5 Å². The van der Waals surface area contributed by atoms with Crippen molar-refractivity contribution in [1.29, 1.82) is 0 Å². The van der Waals surface area contributed by atoms with E-state index in [1.165, 1.54) is 180 Å². The molecular weight excluding hydrogens is 612 g/mol. The van der Waals surface area contributed by atoms with Gasteiger partial charge in [-0.15, -0.1) is 0 Å². The number of hydrogen-bond donors (Lipinski definition) is 0. The van der Waals surface area contributed by atoms with E-state index in [1.54, 1.807) is 0 Å². The maximum atomic E-state index is 8.55. The molecule has 0 atom stereocenters. The van der Waals surface area contributed by atoms with Gasteiger partial charge in [-0.1, -0.05) is 195 Å². The quantitative estimate of drug-likeness (QED) is 0.0607. The molecule has 0 aromatic rings. The van der Waals surface area contributed by atoms with Crippen LogP contribution in [-0.4, -0.2) is 13.2 Å². The molecule has 0 bridgehead atoms. The minimum Gasteiger partial charge on any atom is -0.822 e. The fourth-order valence-electron chi connectivity index (χ4n) is 5.50. The zero-order valence-corrected chi connectivity index (χ0v) is 38.8. The zero-order valence-electron chi connectivity index (χ0n) is 31.9. The Morgan fingerprint density at radius 3 is 0.711 bits per heavy atom. The molecule has 0 fully saturated rings. The van der Waals surface area contributed by atoms with Gasteiger partial charge >= 0.3 is 88.7 Å². The van der Waals surface area contributed by atoms with E-state index >= 15 is 0 Å². The fraction of sp³-hybridized carbons (Fsp3) is 1.00. The van der Waals surface area contributed by atoms with E-state index in [0.29, 0.717) is 0 Å². The van der Waals surface area contributed by atoms with Gasteiger partial charge in [0.25, 0.3) is 0 Å². The van der Waals surface area contributed by atoms with Crippen LogP contribution >= 0.6 is 7.82 Å². The van der Waals surface area contributed by atoms with Crippen molar-refractivity contribution < 1.29 is 113 Å². The molecule has 0 radical (unpaired) electrons. The Bertz CT molecular complexity index is 507. The molecule has 0 amide bonds. The SMILES string of the molecule is CC(C)CCCCCCCCCCCCCCCOCCCCCCCCCCCCCCCC(C)C.O=P([O-])([O-])[O-].[Na+].[Na+].[Na+]. The summed E-state index contributed by atoms with van der Waals surface area (Å²) in [7, 11) is -5.39. The molecule has 0 unspecified atom stereocenters. The Hall–Kier alpha value is 3.07. The molecule has 0 aliphatic rings. The molecule has 9 heteroatoms. The van der Waals surface area contributed by atoms with Gasteiger partial charge in [0.2, 0.25) is 0 Å². The second kappa shape index (κ2) is 47.1. The summed E-state index contributed by atoms with van der Waals surface area (Å²) in [6, 6.07) is 0. The average molecular weight is 687 g/mol. The van der Waals surface area contributed by atoms with E-state index in [4.69, 9.17) is 24.0 Å². The molecule has 0 aromatic carbocycles. The first kappa shape index (κ1) is 57.4. The Labute approximate surface area is 349 Å². The first-order chi connectivity index (χ1) is 20.1. The second-order valence-corrected chi connectivity index (χ2v) is 14.5.